The van der Waals surface area contributed by atoms with Gasteiger partial charge in [-0.1, -0.05) is 0 Å². The van der Waals surface area contributed by atoms with E-state index in [0.717, 1.165) is 22.3 Å². The first-order valence-corrected chi connectivity index (χ1v) is 8.41. The van der Waals surface area contributed by atoms with Crippen LogP contribution in [0.1, 0.15) is 0 Å². The monoisotopic (exact) mass is 376 g/mol. The highest BCUT2D eigenvalue weighted by Gasteiger charge is 2.06. The molecule has 2 heterocycles. The van der Waals surface area contributed by atoms with E-state index in [1.165, 1.54) is 11.0 Å². The molecule has 0 unspecified atom stereocenters. The van der Waals surface area contributed by atoms with E-state index in [0.29, 0.717) is 11.4 Å². The molecule has 4 rings (SSSR count). The number of nitrogens with one attached hydrogen (secondary N) is 1. The first-order valence-electron chi connectivity index (χ1n) is 8.41. The molecule has 0 atom stereocenters. The Labute approximate surface area is 159 Å². The van der Waals surface area contributed by atoms with Gasteiger partial charge in [-0.2, -0.15) is 0 Å². The predicted molar refractivity (Wildman–Crippen MR) is 102 cm³/mol. The molecule has 2 aromatic heterocycles. The Morgan fingerprint density at radius 1 is 1.11 bits per heavy atom. The fourth-order valence-electron chi connectivity index (χ4n) is 2.62. The number of amides is 1. The van der Waals surface area contributed by atoms with Crippen molar-refractivity contribution in [3.05, 3.63) is 61.1 Å². The fourth-order valence-corrected chi connectivity index (χ4v) is 2.62. The summed E-state index contributed by atoms with van der Waals surface area (Å²) in [7, 11) is 1.61. The van der Waals surface area contributed by atoms with Crippen molar-refractivity contribution < 1.29 is 14.3 Å². The first-order chi connectivity index (χ1) is 13.7. The number of anilines is 1. The van der Waals surface area contributed by atoms with E-state index in [2.05, 4.69) is 25.8 Å². The summed E-state index contributed by atoms with van der Waals surface area (Å²) in [5, 5.41) is 14.7. The third-order valence-electron chi connectivity index (χ3n) is 4.00. The lowest BCUT2D eigenvalue weighted by Crippen LogP contribution is -2.20. The highest BCUT2D eigenvalue weighted by atomic mass is 16.5. The number of rotatable bonds is 6. The lowest BCUT2D eigenvalue weighted by Gasteiger charge is -2.09. The van der Waals surface area contributed by atoms with Gasteiger partial charge in [0.1, 0.15) is 17.8 Å². The average Bonchev–Trinajstić information content (AvgIpc) is 3.27. The van der Waals surface area contributed by atoms with Crippen LogP contribution in [0.15, 0.2) is 61.1 Å². The number of ether oxygens (including phenoxy) is 2. The molecule has 0 aliphatic heterocycles. The third kappa shape index (κ3) is 3.88. The van der Waals surface area contributed by atoms with Gasteiger partial charge in [0, 0.05) is 11.5 Å². The van der Waals surface area contributed by atoms with Crippen molar-refractivity contribution >= 4 is 22.5 Å². The van der Waals surface area contributed by atoms with Crippen LogP contribution in [-0.4, -0.2) is 44.8 Å². The molecule has 0 fully saturated rings. The smallest absolute Gasteiger partial charge is 0.262 e. The molecule has 0 saturated heterocycles. The standard InChI is InChI=1S/C19H16N6O3/c1-27-17-5-2-13-8-14(10-20-18(13)9-17)22-19(26)11-28-16-6-3-15(4-7-16)25-12-21-23-24-25/h2-10,12H,11H2,1H3,(H,22,26). The molecule has 0 radical (unpaired) electrons. The lowest BCUT2D eigenvalue weighted by molar-refractivity contribution is -0.118. The number of fused-ring (bicyclic) bond motifs is 1. The molecule has 140 valence electrons. The number of hydrogen-bond donors (Lipinski definition) is 1. The van der Waals surface area contributed by atoms with Crippen LogP contribution < -0.4 is 14.8 Å². The molecule has 0 aliphatic carbocycles. The predicted octanol–water partition coefficient (Wildman–Crippen LogP) is 2.24. The maximum atomic E-state index is 12.2. The Kier molecular flexibility index (Phi) is 4.79. The van der Waals surface area contributed by atoms with Crippen LogP contribution in [0.5, 0.6) is 11.5 Å². The third-order valence-corrected chi connectivity index (χ3v) is 4.00. The van der Waals surface area contributed by atoms with Crippen molar-refractivity contribution in [1.82, 2.24) is 25.2 Å². The van der Waals surface area contributed by atoms with Gasteiger partial charge in [-0.3, -0.25) is 9.78 Å². The van der Waals surface area contributed by atoms with E-state index in [1.54, 1.807) is 37.6 Å². The second-order valence-electron chi connectivity index (χ2n) is 5.87. The molecule has 0 bridgehead atoms. The summed E-state index contributed by atoms with van der Waals surface area (Å²) in [6.07, 6.45) is 3.09. The molecule has 0 saturated carbocycles. The molecular formula is C19H16N6O3. The van der Waals surface area contributed by atoms with E-state index in [1.807, 2.05) is 24.3 Å². The van der Waals surface area contributed by atoms with Crippen molar-refractivity contribution in [2.45, 2.75) is 0 Å². The summed E-state index contributed by atoms with van der Waals surface area (Å²) < 4.78 is 12.2. The summed E-state index contributed by atoms with van der Waals surface area (Å²) >= 11 is 0. The molecule has 1 N–H and O–H groups in total. The van der Waals surface area contributed by atoms with E-state index in [4.69, 9.17) is 9.47 Å². The normalized spacial score (nSPS) is 10.6. The quantitative estimate of drug-likeness (QED) is 0.550. The molecule has 4 aromatic rings. The van der Waals surface area contributed by atoms with E-state index < -0.39 is 0 Å². The second kappa shape index (κ2) is 7.70. The van der Waals surface area contributed by atoms with Gasteiger partial charge in [0.25, 0.3) is 5.91 Å². The minimum atomic E-state index is -0.279. The fraction of sp³-hybridized carbons (Fsp3) is 0.105. The van der Waals surface area contributed by atoms with Crippen LogP contribution in [-0.2, 0) is 4.79 Å². The Balaban J connectivity index is 1.36. The van der Waals surface area contributed by atoms with Crippen LogP contribution in [0, 0.1) is 0 Å². The second-order valence-corrected chi connectivity index (χ2v) is 5.87. The van der Waals surface area contributed by atoms with Crippen molar-refractivity contribution in [2.24, 2.45) is 0 Å². The number of pyridine rings is 1. The SMILES string of the molecule is COc1ccc2cc(NC(=O)COc3ccc(-n4cnnn4)cc3)cnc2c1. The molecular weight excluding hydrogens is 360 g/mol. The van der Waals surface area contributed by atoms with E-state index >= 15 is 0 Å². The number of nitrogens with zero attached hydrogens (tertiary/aromatic N) is 5. The van der Waals surface area contributed by atoms with Crippen molar-refractivity contribution in [2.75, 3.05) is 19.0 Å². The molecule has 0 aliphatic rings. The van der Waals surface area contributed by atoms with Gasteiger partial charge in [-0.15, -0.1) is 5.10 Å². The van der Waals surface area contributed by atoms with E-state index in [-0.39, 0.29) is 12.5 Å². The van der Waals surface area contributed by atoms with Crippen molar-refractivity contribution in [3.8, 4) is 17.2 Å². The molecule has 0 spiro atoms. The number of carbonyl (C=O) groups is 1. The summed E-state index contributed by atoms with van der Waals surface area (Å²) in [6, 6.07) is 14.5. The molecule has 2 aromatic carbocycles. The van der Waals surface area contributed by atoms with Gasteiger partial charge < -0.3 is 14.8 Å². The van der Waals surface area contributed by atoms with E-state index in [9.17, 15) is 4.79 Å². The Hall–Kier alpha value is -4.01. The number of benzene rings is 2. The number of hydrogen-bond acceptors (Lipinski definition) is 7. The largest absolute Gasteiger partial charge is 0.497 e. The van der Waals surface area contributed by atoms with Crippen LogP contribution in [0.25, 0.3) is 16.6 Å². The van der Waals surface area contributed by atoms with Gasteiger partial charge in [0.15, 0.2) is 6.61 Å². The average molecular weight is 376 g/mol. The van der Waals surface area contributed by atoms with Crippen LogP contribution in [0.2, 0.25) is 0 Å². The maximum absolute atomic E-state index is 12.2. The van der Waals surface area contributed by atoms with Gasteiger partial charge >= 0.3 is 0 Å². The van der Waals surface area contributed by atoms with Gasteiger partial charge in [-0.25, -0.2) is 4.68 Å². The summed E-state index contributed by atoms with van der Waals surface area (Å²) in [5.74, 6) is 1.02. The van der Waals surface area contributed by atoms with Crippen LogP contribution in [0.4, 0.5) is 5.69 Å². The van der Waals surface area contributed by atoms with Gasteiger partial charge in [0.2, 0.25) is 0 Å². The number of aromatic nitrogens is 5. The topological polar surface area (TPSA) is 104 Å². The summed E-state index contributed by atoms with van der Waals surface area (Å²) in [5.41, 5.74) is 2.18. The summed E-state index contributed by atoms with van der Waals surface area (Å²) in [6.45, 7) is -0.120. The minimum absolute atomic E-state index is 0.120. The zero-order valence-corrected chi connectivity index (χ0v) is 14.9. The molecule has 28 heavy (non-hydrogen) atoms. The Morgan fingerprint density at radius 3 is 2.68 bits per heavy atom. The highest BCUT2D eigenvalue weighted by molar-refractivity contribution is 5.94. The maximum Gasteiger partial charge on any atom is 0.262 e. The number of methoxy groups -OCH3 is 1. The molecule has 9 nitrogen and oxygen atoms in total. The summed E-state index contributed by atoms with van der Waals surface area (Å²) in [4.78, 5) is 16.5. The van der Waals surface area contributed by atoms with Crippen LogP contribution in [0.3, 0.4) is 0 Å². The lowest BCUT2D eigenvalue weighted by atomic mass is 10.2. The van der Waals surface area contributed by atoms with Gasteiger partial charge in [0.05, 0.1) is 30.2 Å². The number of tetrazole rings is 1. The van der Waals surface area contributed by atoms with Gasteiger partial charge in [-0.05, 0) is 52.9 Å². The zero-order chi connectivity index (χ0) is 19.3. The zero-order valence-electron chi connectivity index (χ0n) is 14.9. The Bertz CT molecular complexity index is 1100. The Morgan fingerprint density at radius 2 is 1.93 bits per heavy atom. The van der Waals surface area contributed by atoms with Crippen LogP contribution >= 0.6 is 0 Å². The first kappa shape index (κ1) is 17.4. The molecule has 9 heteroatoms. The highest BCUT2D eigenvalue weighted by Crippen LogP contribution is 2.21. The van der Waals surface area contributed by atoms with Crippen molar-refractivity contribution in [3.63, 3.8) is 0 Å². The number of carbonyl (C=O) groups excluding carboxylic acids is 1. The van der Waals surface area contributed by atoms with Crippen molar-refractivity contribution in [1.29, 1.82) is 0 Å². The molecule has 1 amide bonds. The minimum Gasteiger partial charge on any atom is -0.497 e.